The van der Waals surface area contributed by atoms with Crippen molar-refractivity contribution in [1.82, 2.24) is 14.9 Å². The molecular weight excluding hydrogens is 489 g/mol. The Balaban J connectivity index is 1.53. The molecule has 3 aromatic rings. The van der Waals surface area contributed by atoms with Crippen LogP contribution in [-0.4, -0.2) is 59.3 Å². The van der Waals surface area contributed by atoms with E-state index in [9.17, 15) is 9.90 Å². The van der Waals surface area contributed by atoms with Gasteiger partial charge in [0.05, 0.1) is 42.4 Å². The van der Waals surface area contributed by atoms with Gasteiger partial charge >= 0.3 is 0 Å². The van der Waals surface area contributed by atoms with Crippen LogP contribution in [0, 0.1) is 5.92 Å². The van der Waals surface area contributed by atoms with Crippen molar-refractivity contribution in [3.05, 3.63) is 46.3 Å². The van der Waals surface area contributed by atoms with E-state index in [1.54, 1.807) is 26.5 Å². The van der Waals surface area contributed by atoms with E-state index in [4.69, 9.17) is 37.7 Å². The molecule has 4 rings (SSSR count). The Kier molecular flexibility index (Phi) is 7.99. The van der Waals surface area contributed by atoms with Crippen molar-refractivity contribution in [2.45, 2.75) is 38.6 Å². The first kappa shape index (κ1) is 25.5. The van der Waals surface area contributed by atoms with Crippen molar-refractivity contribution >= 4 is 40.0 Å². The third kappa shape index (κ3) is 5.17. The Morgan fingerprint density at radius 2 is 1.89 bits per heavy atom. The number of carbonyl (C=O) groups excluding carboxylic acids is 1. The number of hydrogen-bond acceptors (Lipinski definition) is 6. The quantitative estimate of drug-likeness (QED) is 0.443. The lowest BCUT2D eigenvalue weighted by atomic mass is 9.99. The molecule has 0 radical (unpaired) electrons. The number of carbonyl (C=O) groups is 1. The van der Waals surface area contributed by atoms with Crippen LogP contribution in [0.15, 0.2) is 30.5 Å². The first-order chi connectivity index (χ1) is 16.9. The normalized spacial score (nSPS) is 17.7. The van der Waals surface area contributed by atoms with E-state index in [0.29, 0.717) is 52.4 Å². The van der Waals surface area contributed by atoms with E-state index in [-0.39, 0.29) is 18.6 Å². The van der Waals surface area contributed by atoms with Crippen LogP contribution < -0.4 is 9.47 Å². The molecule has 1 aliphatic rings. The third-order valence-electron chi connectivity index (χ3n) is 6.60. The first-order valence-corrected chi connectivity index (χ1v) is 12.4. The molecule has 2 heterocycles. The van der Waals surface area contributed by atoms with Gasteiger partial charge in [0, 0.05) is 42.6 Å². The number of nitrogens with zero attached hydrogens (tertiary/aromatic N) is 3. The zero-order valence-corrected chi connectivity index (χ0v) is 21.6. The van der Waals surface area contributed by atoms with Crippen LogP contribution in [0.5, 0.6) is 11.5 Å². The van der Waals surface area contributed by atoms with Gasteiger partial charge in [-0.2, -0.15) is 0 Å². The number of hydrogen-bond donors (Lipinski definition) is 1. The predicted octanol–water partition coefficient (Wildman–Crippen LogP) is 5.17. The van der Waals surface area contributed by atoms with Gasteiger partial charge in [0.15, 0.2) is 0 Å². The van der Waals surface area contributed by atoms with Crippen molar-refractivity contribution < 1.29 is 19.4 Å². The van der Waals surface area contributed by atoms with Gasteiger partial charge in [0.2, 0.25) is 5.91 Å². The van der Waals surface area contributed by atoms with Crippen molar-refractivity contribution in [2.75, 3.05) is 27.4 Å². The highest BCUT2D eigenvalue weighted by Gasteiger charge is 2.33. The molecule has 9 heteroatoms. The monoisotopic (exact) mass is 517 g/mol. The summed E-state index contributed by atoms with van der Waals surface area (Å²) in [5.41, 5.74) is 2.26. The maximum Gasteiger partial charge on any atom is 0.222 e. The zero-order chi connectivity index (χ0) is 25.1. The summed E-state index contributed by atoms with van der Waals surface area (Å²) < 4.78 is 10.8. The fourth-order valence-corrected chi connectivity index (χ4v) is 5.44. The molecule has 35 heavy (non-hydrogen) atoms. The minimum absolute atomic E-state index is 0.00421. The molecule has 1 amide bonds. The van der Waals surface area contributed by atoms with E-state index < -0.39 is 0 Å². The maximum absolute atomic E-state index is 12.2. The summed E-state index contributed by atoms with van der Waals surface area (Å²) >= 11 is 13.2. The number of aryl methyl sites for hydroxylation is 1. The molecular formula is C26H29Cl2N3O4. The van der Waals surface area contributed by atoms with Gasteiger partial charge in [-0.15, -0.1) is 0 Å². The molecule has 0 spiro atoms. The number of fused-ring (bicyclic) bond motifs is 1. The highest BCUT2D eigenvalue weighted by molar-refractivity contribution is 6.41. The van der Waals surface area contributed by atoms with Gasteiger partial charge in [0.25, 0.3) is 0 Å². The van der Waals surface area contributed by atoms with Crippen LogP contribution >= 0.6 is 23.2 Å². The van der Waals surface area contributed by atoms with Crippen molar-refractivity contribution in [3.63, 3.8) is 0 Å². The summed E-state index contributed by atoms with van der Waals surface area (Å²) in [6.07, 6.45) is 4.64. The summed E-state index contributed by atoms with van der Waals surface area (Å²) in [7, 11) is 3.09. The van der Waals surface area contributed by atoms with Crippen LogP contribution in [0.4, 0.5) is 0 Å². The largest absolute Gasteiger partial charge is 0.495 e. The van der Waals surface area contributed by atoms with Gasteiger partial charge in [-0.1, -0.05) is 36.2 Å². The van der Waals surface area contributed by atoms with Crippen LogP contribution in [0.1, 0.15) is 32.0 Å². The number of methoxy groups -OCH3 is 2. The molecule has 1 fully saturated rings. The lowest BCUT2D eigenvalue weighted by Crippen LogP contribution is -2.37. The fraction of sp³-hybridized carbons (Fsp3) is 0.423. The average Bonchev–Trinajstić information content (AvgIpc) is 3.30. The molecule has 0 unspecified atom stereocenters. The lowest BCUT2D eigenvalue weighted by molar-refractivity contribution is -0.132. The SMILES string of the molecule is CCC(=O)N1C[C@@H](CCc2ncc3cc(-c4c(Cl)c(OC)cc(OC)c4Cl)ccc3n2)C[C@H]1CO. The second-order valence-electron chi connectivity index (χ2n) is 8.72. The van der Waals surface area contributed by atoms with Crippen LogP contribution in [0.2, 0.25) is 10.0 Å². The van der Waals surface area contributed by atoms with Gasteiger partial charge in [-0.05, 0) is 36.5 Å². The Morgan fingerprint density at radius 3 is 2.51 bits per heavy atom. The topological polar surface area (TPSA) is 84.8 Å². The highest BCUT2D eigenvalue weighted by Crippen LogP contribution is 2.46. The average molecular weight is 518 g/mol. The van der Waals surface area contributed by atoms with Gasteiger partial charge in [0.1, 0.15) is 17.3 Å². The van der Waals surface area contributed by atoms with Gasteiger partial charge in [-0.25, -0.2) is 9.97 Å². The number of amides is 1. The zero-order valence-electron chi connectivity index (χ0n) is 20.1. The molecule has 1 aromatic heterocycles. The fourth-order valence-electron chi connectivity index (χ4n) is 4.72. The summed E-state index contributed by atoms with van der Waals surface area (Å²) in [5.74, 6) is 2.13. The summed E-state index contributed by atoms with van der Waals surface area (Å²) in [4.78, 5) is 23.3. The maximum atomic E-state index is 12.2. The van der Waals surface area contributed by atoms with Crippen molar-refractivity contribution in [2.24, 2.45) is 5.92 Å². The number of aliphatic hydroxyl groups excluding tert-OH is 1. The summed E-state index contributed by atoms with van der Waals surface area (Å²) in [6.45, 7) is 2.54. The van der Waals surface area contributed by atoms with Crippen LogP contribution in [0.3, 0.4) is 0 Å². The third-order valence-corrected chi connectivity index (χ3v) is 7.35. The molecule has 1 saturated heterocycles. The van der Waals surface area contributed by atoms with Gasteiger partial charge < -0.3 is 19.5 Å². The highest BCUT2D eigenvalue weighted by atomic mass is 35.5. The standard InChI is InChI=1S/C26H29Cl2N3O4/c1-4-23(33)31-13-15(9-18(31)14-32)5-8-22-29-12-17-10-16(6-7-19(17)30-22)24-25(27)20(34-2)11-21(35-3)26(24)28/h6-7,10-12,15,18,32H,4-5,8-9,13-14H2,1-3H3/t15-,18-/m0/s1. The van der Waals surface area contributed by atoms with Gasteiger partial charge in [-0.3, -0.25) is 4.79 Å². The Bertz CT molecular complexity index is 1210. The number of likely N-dealkylation sites (tertiary alicyclic amines) is 1. The van der Waals surface area contributed by atoms with Crippen molar-refractivity contribution in [1.29, 1.82) is 0 Å². The van der Waals surface area contributed by atoms with Crippen LogP contribution in [0.25, 0.3) is 22.0 Å². The minimum atomic E-state index is -0.0859. The molecule has 0 aliphatic carbocycles. The second-order valence-corrected chi connectivity index (χ2v) is 9.48. The molecule has 2 aromatic carbocycles. The van der Waals surface area contributed by atoms with E-state index in [1.165, 1.54) is 0 Å². The Labute approximate surface area is 215 Å². The molecule has 7 nitrogen and oxygen atoms in total. The van der Waals surface area contributed by atoms with E-state index in [0.717, 1.165) is 35.1 Å². The molecule has 1 aliphatic heterocycles. The lowest BCUT2D eigenvalue weighted by Gasteiger charge is -2.22. The Hall–Kier alpha value is -2.61. The molecule has 0 bridgehead atoms. The number of ether oxygens (including phenoxy) is 2. The smallest absolute Gasteiger partial charge is 0.222 e. The number of rotatable bonds is 8. The minimum Gasteiger partial charge on any atom is -0.495 e. The number of aromatic nitrogens is 2. The molecule has 2 atom stereocenters. The number of halogens is 2. The second kappa shape index (κ2) is 11.0. The van der Waals surface area contributed by atoms with E-state index in [1.807, 2.05) is 30.0 Å². The predicted molar refractivity (Wildman–Crippen MR) is 137 cm³/mol. The molecule has 1 N–H and O–H groups in total. The number of aliphatic hydroxyl groups is 1. The summed E-state index contributed by atoms with van der Waals surface area (Å²) in [6, 6.07) is 7.37. The van der Waals surface area contributed by atoms with Crippen LogP contribution in [-0.2, 0) is 11.2 Å². The Morgan fingerprint density at radius 1 is 1.17 bits per heavy atom. The first-order valence-electron chi connectivity index (χ1n) is 11.7. The van der Waals surface area contributed by atoms with Crippen molar-refractivity contribution in [3.8, 4) is 22.6 Å². The molecule has 0 saturated carbocycles. The van der Waals surface area contributed by atoms with E-state index >= 15 is 0 Å². The number of benzene rings is 2. The summed E-state index contributed by atoms with van der Waals surface area (Å²) in [5, 5.41) is 11.3. The molecule has 186 valence electrons. The van der Waals surface area contributed by atoms with E-state index in [2.05, 4.69) is 4.98 Å².